The van der Waals surface area contributed by atoms with Crippen LogP contribution in [0.1, 0.15) is 19.4 Å². The van der Waals surface area contributed by atoms with Gasteiger partial charge in [0.05, 0.1) is 6.54 Å². The lowest BCUT2D eigenvalue weighted by molar-refractivity contribution is -0.129. The van der Waals surface area contributed by atoms with Crippen molar-refractivity contribution in [1.29, 1.82) is 0 Å². The van der Waals surface area contributed by atoms with Crippen molar-refractivity contribution >= 4 is 23.5 Å². The molecule has 144 valence electrons. The first-order chi connectivity index (χ1) is 12.1. The number of amides is 4. The molecule has 3 N–H and O–H groups in total. The lowest BCUT2D eigenvalue weighted by Crippen LogP contribution is -2.45. The number of hydrogen-bond donors (Lipinski definition) is 3. The van der Waals surface area contributed by atoms with Gasteiger partial charge in [0, 0.05) is 25.7 Å². The maximum Gasteiger partial charge on any atom is 0.405 e. The molecule has 1 aromatic carbocycles. The van der Waals surface area contributed by atoms with Gasteiger partial charge in [0.1, 0.15) is 6.54 Å². The molecule has 0 aliphatic carbocycles. The number of nitrogens with one attached hydrogen (secondary N) is 3. The Morgan fingerprint density at radius 2 is 1.81 bits per heavy atom. The maximum absolute atomic E-state index is 12.0. The number of hydrogen-bond acceptors (Lipinski definition) is 4. The lowest BCUT2D eigenvalue weighted by atomic mass is 10.1. The maximum atomic E-state index is 12.0. The minimum atomic E-state index is -4.56. The van der Waals surface area contributed by atoms with Gasteiger partial charge in [-0.25, -0.2) is 4.79 Å². The molecule has 0 heterocycles. The van der Waals surface area contributed by atoms with Crippen LogP contribution in [0.2, 0.25) is 0 Å². The van der Waals surface area contributed by atoms with Crippen LogP contribution in [0, 0.1) is 0 Å². The molecule has 0 saturated carbocycles. The van der Waals surface area contributed by atoms with Crippen molar-refractivity contribution in [1.82, 2.24) is 15.5 Å². The molecule has 0 bridgehead atoms. The highest BCUT2D eigenvalue weighted by atomic mass is 19.4. The third kappa shape index (κ3) is 7.86. The number of benzene rings is 1. The van der Waals surface area contributed by atoms with Crippen LogP contribution in [-0.4, -0.2) is 48.6 Å². The van der Waals surface area contributed by atoms with Crippen LogP contribution in [0.4, 0.5) is 23.7 Å². The van der Waals surface area contributed by atoms with Crippen molar-refractivity contribution in [2.75, 3.05) is 25.0 Å². The quantitative estimate of drug-likeness (QED) is 0.680. The second kappa shape index (κ2) is 9.64. The van der Waals surface area contributed by atoms with Gasteiger partial charge in [0.2, 0.25) is 11.8 Å². The number of carbonyl (C=O) groups excluding carboxylic acids is 3. The van der Waals surface area contributed by atoms with Crippen LogP contribution in [0.3, 0.4) is 0 Å². The van der Waals surface area contributed by atoms with Gasteiger partial charge < -0.3 is 15.5 Å². The van der Waals surface area contributed by atoms with Crippen LogP contribution in [0.15, 0.2) is 24.3 Å². The Morgan fingerprint density at radius 3 is 2.38 bits per heavy atom. The van der Waals surface area contributed by atoms with Gasteiger partial charge in [0.25, 0.3) is 0 Å². The minimum absolute atomic E-state index is 0.0959. The molecule has 0 unspecified atom stereocenters. The Bertz CT molecular complexity index is 650. The summed E-state index contributed by atoms with van der Waals surface area (Å²) in [6, 6.07) is 5.75. The molecule has 1 aromatic rings. The van der Waals surface area contributed by atoms with Gasteiger partial charge in [-0.15, -0.1) is 0 Å². The van der Waals surface area contributed by atoms with Crippen LogP contribution in [-0.2, 0) is 16.1 Å². The highest BCUT2D eigenvalue weighted by Gasteiger charge is 2.27. The van der Waals surface area contributed by atoms with Crippen molar-refractivity contribution in [3.63, 3.8) is 0 Å². The van der Waals surface area contributed by atoms with E-state index in [0.717, 1.165) is 5.56 Å². The molecule has 10 heteroatoms. The Balaban J connectivity index is 2.58. The molecule has 0 aliphatic rings. The van der Waals surface area contributed by atoms with Crippen LogP contribution in [0.5, 0.6) is 0 Å². The summed E-state index contributed by atoms with van der Waals surface area (Å²) in [6.07, 6.45) is -4.56. The first kappa shape index (κ1) is 21.3. The smallest absolute Gasteiger partial charge is 0.376 e. The topological polar surface area (TPSA) is 90.5 Å². The number of anilines is 1. The fourth-order valence-electron chi connectivity index (χ4n) is 2.05. The van der Waals surface area contributed by atoms with E-state index in [2.05, 4.69) is 5.32 Å². The first-order valence-electron chi connectivity index (χ1n) is 7.84. The van der Waals surface area contributed by atoms with E-state index < -0.39 is 24.7 Å². The third-order valence-corrected chi connectivity index (χ3v) is 3.35. The van der Waals surface area contributed by atoms with E-state index in [9.17, 15) is 27.6 Å². The highest BCUT2D eigenvalue weighted by Crippen LogP contribution is 2.17. The number of carbonyl (C=O) groups is 3. The number of imide groups is 1. The predicted molar refractivity (Wildman–Crippen MR) is 89.3 cm³/mol. The molecule has 7 nitrogen and oxygen atoms in total. The summed E-state index contributed by atoms with van der Waals surface area (Å²) in [4.78, 5) is 36.0. The fourth-order valence-corrected chi connectivity index (χ4v) is 2.05. The zero-order valence-corrected chi connectivity index (χ0v) is 14.4. The molecule has 0 atom stereocenters. The van der Waals surface area contributed by atoms with Crippen molar-refractivity contribution in [2.24, 2.45) is 0 Å². The van der Waals surface area contributed by atoms with Crippen LogP contribution in [0.25, 0.3) is 0 Å². The monoisotopic (exact) mass is 374 g/mol. The number of para-hydroxylation sites is 1. The summed E-state index contributed by atoms with van der Waals surface area (Å²) < 4.78 is 36.0. The largest absolute Gasteiger partial charge is 0.405 e. The van der Waals surface area contributed by atoms with Gasteiger partial charge in [0.15, 0.2) is 0 Å². The van der Waals surface area contributed by atoms with E-state index in [4.69, 9.17) is 0 Å². The summed E-state index contributed by atoms with van der Waals surface area (Å²) in [5.41, 5.74) is 1.34. The lowest BCUT2D eigenvalue weighted by Gasteiger charge is -2.21. The Hall–Kier alpha value is -2.78. The summed E-state index contributed by atoms with van der Waals surface area (Å²) in [6.45, 7) is 2.30. The summed E-state index contributed by atoms with van der Waals surface area (Å²) in [5, 5.41) is 6.14. The van der Waals surface area contributed by atoms with E-state index in [1.54, 1.807) is 39.8 Å². The SMILES string of the molecule is CCN(Cc1ccccc1NCC(=O)NC(=O)NCC(F)(F)F)C(C)=O. The second-order valence-corrected chi connectivity index (χ2v) is 5.39. The average molecular weight is 374 g/mol. The minimum Gasteiger partial charge on any atom is -0.376 e. The second-order valence-electron chi connectivity index (χ2n) is 5.39. The molecule has 26 heavy (non-hydrogen) atoms. The third-order valence-electron chi connectivity index (χ3n) is 3.35. The molecule has 1 rings (SSSR count). The molecular weight excluding hydrogens is 353 g/mol. The van der Waals surface area contributed by atoms with Crippen molar-refractivity contribution < 1.29 is 27.6 Å². The summed E-state index contributed by atoms with van der Waals surface area (Å²) in [5.74, 6) is -0.889. The zero-order valence-electron chi connectivity index (χ0n) is 14.4. The van der Waals surface area contributed by atoms with Crippen LogP contribution < -0.4 is 16.0 Å². The molecular formula is C16H21F3N4O3. The molecule has 0 spiro atoms. The van der Waals surface area contributed by atoms with E-state index >= 15 is 0 Å². The Morgan fingerprint density at radius 1 is 1.15 bits per heavy atom. The van der Waals surface area contributed by atoms with Gasteiger partial charge in [-0.3, -0.25) is 14.9 Å². The van der Waals surface area contributed by atoms with Crippen molar-refractivity contribution in [3.8, 4) is 0 Å². The fraction of sp³-hybridized carbons (Fsp3) is 0.438. The van der Waals surface area contributed by atoms with Crippen LogP contribution >= 0.6 is 0 Å². The normalized spacial score (nSPS) is 10.8. The number of rotatable bonds is 7. The van der Waals surface area contributed by atoms with E-state index in [0.29, 0.717) is 18.8 Å². The predicted octanol–water partition coefficient (Wildman–Crippen LogP) is 1.85. The van der Waals surface area contributed by atoms with E-state index in [-0.39, 0.29) is 12.5 Å². The molecule has 0 aromatic heterocycles. The highest BCUT2D eigenvalue weighted by molar-refractivity contribution is 5.96. The van der Waals surface area contributed by atoms with Crippen molar-refractivity contribution in [3.05, 3.63) is 29.8 Å². The summed E-state index contributed by atoms with van der Waals surface area (Å²) >= 11 is 0. The number of alkyl halides is 3. The van der Waals surface area contributed by atoms with Crippen molar-refractivity contribution in [2.45, 2.75) is 26.6 Å². The zero-order chi connectivity index (χ0) is 19.7. The molecule has 4 amide bonds. The van der Waals surface area contributed by atoms with Gasteiger partial charge in [-0.05, 0) is 18.6 Å². The first-order valence-corrected chi connectivity index (χ1v) is 7.84. The van der Waals surface area contributed by atoms with Gasteiger partial charge in [-0.1, -0.05) is 18.2 Å². The number of halogens is 3. The average Bonchev–Trinajstić information content (AvgIpc) is 2.56. The molecule has 0 aliphatic heterocycles. The summed E-state index contributed by atoms with van der Waals surface area (Å²) in [7, 11) is 0. The Labute approximate surface area is 148 Å². The molecule has 0 saturated heterocycles. The molecule has 0 fully saturated rings. The molecule has 0 radical (unpaired) electrons. The Kier molecular flexibility index (Phi) is 7.88. The standard InChI is InChI=1S/C16H21F3N4O3/c1-3-23(11(2)24)9-12-6-4-5-7-13(12)20-8-14(25)22-15(26)21-10-16(17,18)19/h4-7,20H,3,8-10H2,1-2H3,(H2,21,22,25,26). The number of urea groups is 1. The van der Waals surface area contributed by atoms with Gasteiger partial charge >= 0.3 is 12.2 Å². The van der Waals surface area contributed by atoms with E-state index in [1.807, 2.05) is 6.92 Å². The van der Waals surface area contributed by atoms with Gasteiger partial charge in [-0.2, -0.15) is 13.2 Å². The van der Waals surface area contributed by atoms with E-state index in [1.165, 1.54) is 6.92 Å². The number of nitrogens with zero attached hydrogens (tertiary/aromatic N) is 1.